The summed E-state index contributed by atoms with van der Waals surface area (Å²) in [6, 6.07) is 8.64. The molecular formula is C14H18N4O2S2. The van der Waals surface area contributed by atoms with Crippen molar-refractivity contribution in [1.29, 1.82) is 5.26 Å². The average molecular weight is 338 g/mol. The first kappa shape index (κ1) is 18.1. The van der Waals surface area contributed by atoms with Crippen molar-refractivity contribution >= 4 is 40.7 Å². The second kappa shape index (κ2) is 9.87. The molecule has 0 aliphatic carbocycles. The lowest BCUT2D eigenvalue weighted by atomic mass is 10.3. The summed E-state index contributed by atoms with van der Waals surface area (Å²) in [7, 11) is 1.60. The molecule has 1 amide bonds. The summed E-state index contributed by atoms with van der Waals surface area (Å²) in [6.45, 7) is -0.0237. The van der Waals surface area contributed by atoms with E-state index in [9.17, 15) is 4.79 Å². The number of thiocarbonyl (C=S) groups is 1. The first-order valence-electron chi connectivity index (χ1n) is 6.46. The van der Waals surface area contributed by atoms with Gasteiger partial charge in [0.1, 0.15) is 18.3 Å². The zero-order chi connectivity index (χ0) is 16.4. The van der Waals surface area contributed by atoms with Gasteiger partial charge in [0.15, 0.2) is 5.11 Å². The molecule has 0 spiro atoms. The van der Waals surface area contributed by atoms with Crippen LogP contribution in [-0.2, 0) is 4.79 Å². The topological polar surface area (TPSA) is 86.2 Å². The number of ether oxygens (including phenoxy) is 1. The third-order valence-electron chi connectivity index (χ3n) is 2.64. The number of hydrogen-bond donors (Lipinski definition) is 3. The Morgan fingerprint density at radius 3 is 2.68 bits per heavy atom. The van der Waals surface area contributed by atoms with Crippen LogP contribution in [-0.4, -0.2) is 42.7 Å². The maximum atomic E-state index is 11.9. The predicted molar refractivity (Wildman–Crippen MR) is 93.1 cm³/mol. The van der Waals surface area contributed by atoms with Gasteiger partial charge in [0.2, 0.25) is 5.91 Å². The summed E-state index contributed by atoms with van der Waals surface area (Å²) < 4.78 is 5.08. The van der Waals surface area contributed by atoms with Gasteiger partial charge < -0.3 is 20.7 Å². The van der Waals surface area contributed by atoms with Crippen LogP contribution in [0.25, 0.3) is 0 Å². The normalized spacial score (nSPS) is 11.0. The number of anilines is 1. The Morgan fingerprint density at radius 1 is 1.45 bits per heavy atom. The number of nitrogens with zero attached hydrogens (tertiary/aromatic N) is 1. The lowest BCUT2D eigenvalue weighted by molar-refractivity contribution is -0.122. The number of hydrogen-bond acceptors (Lipinski definition) is 5. The quantitative estimate of drug-likeness (QED) is 0.511. The van der Waals surface area contributed by atoms with Gasteiger partial charge >= 0.3 is 0 Å². The van der Waals surface area contributed by atoms with Gasteiger partial charge in [-0.2, -0.15) is 17.0 Å². The van der Waals surface area contributed by atoms with E-state index in [2.05, 4.69) is 16.0 Å². The number of methoxy groups -OCH3 is 1. The van der Waals surface area contributed by atoms with Crippen molar-refractivity contribution in [1.82, 2.24) is 10.6 Å². The van der Waals surface area contributed by atoms with E-state index in [4.69, 9.17) is 22.2 Å². The van der Waals surface area contributed by atoms with Crippen molar-refractivity contribution in [2.24, 2.45) is 0 Å². The molecule has 6 nitrogen and oxygen atoms in total. The summed E-state index contributed by atoms with van der Waals surface area (Å²) in [5, 5.41) is 17.3. The lowest BCUT2D eigenvalue weighted by Crippen LogP contribution is -2.49. The second-order valence-electron chi connectivity index (χ2n) is 4.21. The summed E-state index contributed by atoms with van der Waals surface area (Å²) in [5.74, 6) is 1.04. The van der Waals surface area contributed by atoms with Gasteiger partial charge in [-0.1, -0.05) is 0 Å². The fraction of sp³-hybridized carbons (Fsp3) is 0.357. The van der Waals surface area contributed by atoms with Gasteiger partial charge in [-0.3, -0.25) is 4.79 Å². The molecule has 0 radical (unpaired) electrons. The molecule has 3 N–H and O–H groups in total. The van der Waals surface area contributed by atoms with Crippen molar-refractivity contribution < 1.29 is 9.53 Å². The Morgan fingerprint density at radius 2 is 2.14 bits per heavy atom. The van der Waals surface area contributed by atoms with E-state index in [0.29, 0.717) is 10.9 Å². The minimum absolute atomic E-state index is 0.0237. The average Bonchev–Trinajstić information content (AvgIpc) is 2.52. The minimum Gasteiger partial charge on any atom is -0.497 e. The van der Waals surface area contributed by atoms with Gasteiger partial charge in [-0.05, 0) is 42.7 Å². The molecule has 0 heterocycles. The molecule has 1 aromatic rings. The van der Waals surface area contributed by atoms with Gasteiger partial charge in [0.05, 0.1) is 13.2 Å². The summed E-state index contributed by atoms with van der Waals surface area (Å²) in [4.78, 5) is 11.9. The van der Waals surface area contributed by atoms with Gasteiger partial charge in [-0.25, -0.2) is 0 Å². The van der Waals surface area contributed by atoms with Crippen LogP contribution in [0.1, 0.15) is 0 Å². The number of rotatable bonds is 7. The van der Waals surface area contributed by atoms with E-state index in [1.165, 1.54) is 11.8 Å². The fourth-order valence-corrected chi connectivity index (χ4v) is 2.43. The Hall–Kier alpha value is -1.98. The standard InChI is InChI=1S/C14H18N4O2S2/c1-20-11-5-3-10(4-6-11)17-14(21)18-12(9-22-2)13(19)16-8-7-15/h3-6,12H,8-9H2,1-2H3,(H,16,19)(H2,17,18,21). The fourth-order valence-electron chi connectivity index (χ4n) is 1.60. The van der Waals surface area contributed by atoms with Crippen molar-refractivity contribution in [2.45, 2.75) is 6.04 Å². The maximum Gasteiger partial charge on any atom is 0.244 e. The minimum atomic E-state index is -0.499. The lowest BCUT2D eigenvalue weighted by Gasteiger charge is -2.19. The van der Waals surface area contributed by atoms with E-state index in [1.807, 2.05) is 36.6 Å². The van der Waals surface area contributed by atoms with Crippen LogP contribution in [0.3, 0.4) is 0 Å². The number of amides is 1. The molecule has 0 aliphatic rings. The van der Waals surface area contributed by atoms with Crippen LogP contribution in [0.2, 0.25) is 0 Å². The third kappa shape index (κ3) is 6.20. The molecule has 0 aromatic heterocycles. The van der Waals surface area contributed by atoms with Crippen LogP contribution in [0, 0.1) is 11.3 Å². The molecule has 1 unspecified atom stereocenters. The zero-order valence-electron chi connectivity index (χ0n) is 12.4. The monoisotopic (exact) mass is 338 g/mol. The molecular weight excluding hydrogens is 320 g/mol. The Bertz CT molecular complexity index is 543. The van der Waals surface area contributed by atoms with Crippen LogP contribution >= 0.6 is 24.0 Å². The number of nitriles is 1. The number of benzene rings is 1. The van der Waals surface area contributed by atoms with Gasteiger partial charge in [-0.15, -0.1) is 0 Å². The van der Waals surface area contributed by atoms with Crippen LogP contribution in [0.4, 0.5) is 5.69 Å². The Labute approximate surface area is 139 Å². The second-order valence-corrected chi connectivity index (χ2v) is 5.53. The Kier molecular flexibility index (Phi) is 8.10. The highest BCUT2D eigenvalue weighted by atomic mass is 32.2. The van der Waals surface area contributed by atoms with Crippen molar-refractivity contribution in [3.63, 3.8) is 0 Å². The molecule has 8 heteroatoms. The van der Waals surface area contributed by atoms with Crippen LogP contribution in [0.15, 0.2) is 24.3 Å². The number of carbonyl (C=O) groups is 1. The van der Waals surface area contributed by atoms with E-state index < -0.39 is 6.04 Å². The molecule has 0 aliphatic heterocycles. The molecule has 22 heavy (non-hydrogen) atoms. The van der Waals surface area contributed by atoms with Crippen molar-refractivity contribution in [3.8, 4) is 11.8 Å². The van der Waals surface area contributed by atoms with E-state index in [-0.39, 0.29) is 12.5 Å². The highest BCUT2D eigenvalue weighted by Gasteiger charge is 2.18. The first-order valence-corrected chi connectivity index (χ1v) is 8.26. The maximum absolute atomic E-state index is 11.9. The largest absolute Gasteiger partial charge is 0.497 e. The first-order chi connectivity index (χ1) is 10.6. The Balaban J connectivity index is 2.58. The molecule has 0 saturated carbocycles. The van der Waals surface area contributed by atoms with Gasteiger partial charge in [0, 0.05) is 11.4 Å². The van der Waals surface area contributed by atoms with Crippen molar-refractivity contribution in [2.75, 3.05) is 31.0 Å². The van der Waals surface area contributed by atoms with Gasteiger partial charge in [0.25, 0.3) is 0 Å². The molecule has 0 bridgehead atoms. The predicted octanol–water partition coefficient (Wildman–Crippen LogP) is 1.35. The summed E-state index contributed by atoms with van der Waals surface area (Å²) in [5.41, 5.74) is 0.790. The summed E-state index contributed by atoms with van der Waals surface area (Å²) in [6.07, 6.45) is 1.90. The molecule has 1 aromatic carbocycles. The SMILES string of the molecule is COc1ccc(NC(=S)NC(CSC)C(=O)NCC#N)cc1. The molecule has 118 valence electrons. The smallest absolute Gasteiger partial charge is 0.244 e. The van der Waals surface area contributed by atoms with E-state index >= 15 is 0 Å². The third-order valence-corrected chi connectivity index (χ3v) is 3.53. The van der Waals surface area contributed by atoms with E-state index in [0.717, 1.165) is 11.4 Å². The van der Waals surface area contributed by atoms with E-state index in [1.54, 1.807) is 7.11 Å². The summed E-state index contributed by atoms with van der Waals surface area (Å²) >= 11 is 6.73. The highest BCUT2D eigenvalue weighted by molar-refractivity contribution is 7.98. The number of nitrogens with one attached hydrogen (secondary N) is 3. The van der Waals surface area contributed by atoms with Crippen LogP contribution < -0.4 is 20.7 Å². The van der Waals surface area contributed by atoms with Crippen molar-refractivity contribution in [3.05, 3.63) is 24.3 Å². The molecule has 0 fully saturated rings. The highest BCUT2D eigenvalue weighted by Crippen LogP contribution is 2.14. The number of thioether (sulfide) groups is 1. The zero-order valence-corrected chi connectivity index (χ0v) is 14.0. The number of carbonyl (C=O) groups excluding carboxylic acids is 1. The van der Waals surface area contributed by atoms with Crippen LogP contribution in [0.5, 0.6) is 5.75 Å². The molecule has 1 atom stereocenters. The molecule has 1 rings (SSSR count). The molecule has 0 saturated heterocycles.